The lowest BCUT2D eigenvalue weighted by atomic mass is 10.0. The molecule has 106 valence electrons. The average molecular weight is 279 g/mol. The van der Waals surface area contributed by atoms with E-state index in [0.29, 0.717) is 12.0 Å². The van der Waals surface area contributed by atoms with Gasteiger partial charge in [0.1, 0.15) is 0 Å². The maximum absolute atomic E-state index is 12.3. The van der Waals surface area contributed by atoms with Crippen LogP contribution in [0.3, 0.4) is 0 Å². The van der Waals surface area contributed by atoms with Gasteiger partial charge in [-0.3, -0.25) is 4.21 Å². The highest BCUT2D eigenvalue weighted by atomic mass is 32.2. The molecule has 0 bridgehead atoms. The third-order valence-corrected chi connectivity index (χ3v) is 5.49. The molecular weight excluding hydrogens is 254 g/mol. The Morgan fingerprint density at radius 3 is 2.68 bits per heavy atom. The Balaban J connectivity index is 1.84. The fourth-order valence-electron chi connectivity index (χ4n) is 2.98. The molecular formula is C16H25NOS. The van der Waals surface area contributed by atoms with E-state index in [4.69, 9.17) is 0 Å². The minimum absolute atomic E-state index is 0.653. The molecule has 0 aromatic heterocycles. The van der Waals surface area contributed by atoms with E-state index in [-0.39, 0.29) is 0 Å². The molecule has 2 nitrogen and oxygen atoms in total. The van der Waals surface area contributed by atoms with Gasteiger partial charge in [-0.05, 0) is 50.8 Å². The smallest absolute Gasteiger partial charge is 0.0529 e. The lowest BCUT2D eigenvalue weighted by Crippen LogP contribution is -2.32. The van der Waals surface area contributed by atoms with Gasteiger partial charge in [-0.2, -0.15) is 0 Å². The Hall–Kier alpha value is -0.670. The van der Waals surface area contributed by atoms with Crippen LogP contribution in [0.15, 0.2) is 29.2 Å². The van der Waals surface area contributed by atoms with Crippen molar-refractivity contribution >= 4 is 10.8 Å². The van der Waals surface area contributed by atoms with Crippen LogP contribution in [-0.2, 0) is 10.8 Å². The molecule has 1 saturated carbocycles. The first kappa shape index (κ1) is 14.7. The summed E-state index contributed by atoms with van der Waals surface area (Å²) in [6.07, 6.45) is 4.98. The standard InChI is InChI=1S/C16H25NOS/c1-3-17-16-6-4-5-14(16)11-12-19(18)15-9-7-13(2)8-10-15/h7-10,14,16-17H,3-6,11-12H2,1-2H3. The maximum atomic E-state index is 12.3. The average Bonchev–Trinajstić information content (AvgIpc) is 2.85. The van der Waals surface area contributed by atoms with Crippen LogP contribution >= 0.6 is 0 Å². The Labute approximate surface area is 119 Å². The van der Waals surface area contributed by atoms with E-state index in [2.05, 4.69) is 19.2 Å². The highest BCUT2D eigenvalue weighted by Gasteiger charge is 2.26. The molecule has 3 unspecified atom stereocenters. The summed E-state index contributed by atoms with van der Waals surface area (Å²) in [4.78, 5) is 0.976. The zero-order valence-corrected chi connectivity index (χ0v) is 12.8. The van der Waals surface area contributed by atoms with Crippen LogP contribution in [0.1, 0.15) is 38.2 Å². The third-order valence-electron chi connectivity index (χ3n) is 4.08. The third kappa shape index (κ3) is 4.15. The maximum Gasteiger partial charge on any atom is 0.0529 e. The van der Waals surface area contributed by atoms with Gasteiger partial charge in [0.05, 0.1) is 10.8 Å². The van der Waals surface area contributed by atoms with Gasteiger partial charge >= 0.3 is 0 Å². The Morgan fingerprint density at radius 1 is 1.26 bits per heavy atom. The second-order valence-corrected chi connectivity index (χ2v) is 7.08. The van der Waals surface area contributed by atoms with Crippen molar-refractivity contribution in [3.05, 3.63) is 29.8 Å². The van der Waals surface area contributed by atoms with Gasteiger partial charge < -0.3 is 5.32 Å². The molecule has 1 aromatic rings. The molecule has 0 radical (unpaired) electrons. The Bertz CT molecular complexity index is 415. The van der Waals surface area contributed by atoms with Crippen molar-refractivity contribution in [2.24, 2.45) is 5.92 Å². The fraction of sp³-hybridized carbons (Fsp3) is 0.625. The van der Waals surface area contributed by atoms with Gasteiger partial charge in [-0.1, -0.05) is 31.0 Å². The zero-order chi connectivity index (χ0) is 13.7. The molecule has 3 heteroatoms. The van der Waals surface area contributed by atoms with Crippen LogP contribution in [0.25, 0.3) is 0 Å². The van der Waals surface area contributed by atoms with Crippen molar-refractivity contribution in [3.8, 4) is 0 Å². The van der Waals surface area contributed by atoms with Gasteiger partial charge in [0.25, 0.3) is 0 Å². The monoisotopic (exact) mass is 279 g/mol. The van der Waals surface area contributed by atoms with Crippen molar-refractivity contribution < 1.29 is 4.21 Å². The topological polar surface area (TPSA) is 29.1 Å². The number of hydrogen-bond donors (Lipinski definition) is 1. The summed E-state index contributed by atoms with van der Waals surface area (Å²) in [5.41, 5.74) is 1.23. The van der Waals surface area contributed by atoms with E-state index in [0.717, 1.165) is 23.6 Å². The molecule has 1 aliphatic rings. The first-order valence-corrected chi connectivity index (χ1v) is 8.71. The first-order valence-electron chi connectivity index (χ1n) is 7.39. The normalized spacial score (nSPS) is 24.5. The highest BCUT2D eigenvalue weighted by Crippen LogP contribution is 2.29. The molecule has 1 N–H and O–H groups in total. The molecule has 1 fully saturated rings. The van der Waals surface area contributed by atoms with Gasteiger partial charge in [0, 0.05) is 16.7 Å². The molecule has 0 saturated heterocycles. The van der Waals surface area contributed by atoms with E-state index >= 15 is 0 Å². The summed E-state index contributed by atoms with van der Waals surface area (Å²) >= 11 is 0. The van der Waals surface area contributed by atoms with Gasteiger partial charge in [0.15, 0.2) is 0 Å². The molecule has 0 spiro atoms. The molecule has 2 rings (SSSR count). The molecule has 1 aromatic carbocycles. The first-order chi connectivity index (χ1) is 9.20. The lowest BCUT2D eigenvalue weighted by molar-refractivity contribution is 0.399. The number of rotatable bonds is 6. The summed E-state index contributed by atoms with van der Waals surface area (Å²) < 4.78 is 12.3. The quantitative estimate of drug-likeness (QED) is 0.866. The van der Waals surface area contributed by atoms with E-state index in [1.54, 1.807) is 0 Å². The van der Waals surface area contributed by atoms with E-state index in [1.165, 1.54) is 24.8 Å². The molecule has 3 atom stereocenters. The van der Waals surface area contributed by atoms with E-state index in [9.17, 15) is 4.21 Å². The highest BCUT2D eigenvalue weighted by molar-refractivity contribution is 7.85. The Kier molecular flexibility index (Phi) is 5.59. The summed E-state index contributed by atoms with van der Waals surface area (Å²) in [5, 5.41) is 3.57. The van der Waals surface area contributed by atoms with Gasteiger partial charge in [0.2, 0.25) is 0 Å². The second kappa shape index (κ2) is 7.20. The minimum atomic E-state index is -0.834. The molecule has 0 heterocycles. The number of aryl methyl sites for hydroxylation is 1. The van der Waals surface area contributed by atoms with E-state index < -0.39 is 10.8 Å². The van der Waals surface area contributed by atoms with Crippen LogP contribution in [0, 0.1) is 12.8 Å². The largest absolute Gasteiger partial charge is 0.314 e. The van der Waals surface area contributed by atoms with Crippen molar-refractivity contribution in [3.63, 3.8) is 0 Å². The van der Waals surface area contributed by atoms with Crippen LogP contribution in [0.5, 0.6) is 0 Å². The van der Waals surface area contributed by atoms with Crippen LogP contribution in [0.4, 0.5) is 0 Å². The van der Waals surface area contributed by atoms with Crippen molar-refractivity contribution in [2.45, 2.75) is 50.5 Å². The molecule has 1 aliphatic carbocycles. The predicted octanol–water partition coefficient (Wildman–Crippen LogP) is 3.27. The van der Waals surface area contributed by atoms with Crippen LogP contribution in [-0.4, -0.2) is 22.5 Å². The van der Waals surface area contributed by atoms with Gasteiger partial charge in [-0.25, -0.2) is 0 Å². The SMILES string of the molecule is CCNC1CCCC1CCS(=O)c1ccc(C)cc1. The molecule has 0 amide bonds. The summed E-state index contributed by atoms with van der Waals surface area (Å²) in [5.74, 6) is 1.52. The van der Waals surface area contributed by atoms with Crippen LogP contribution in [0.2, 0.25) is 0 Å². The van der Waals surface area contributed by atoms with Gasteiger partial charge in [-0.15, -0.1) is 0 Å². The summed E-state index contributed by atoms with van der Waals surface area (Å²) in [7, 11) is -0.834. The number of hydrogen-bond acceptors (Lipinski definition) is 2. The fourth-order valence-corrected chi connectivity index (χ4v) is 4.17. The van der Waals surface area contributed by atoms with Crippen LogP contribution < -0.4 is 5.32 Å². The minimum Gasteiger partial charge on any atom is -0.314 e. The number of benzene rings is 1. The molecule has 0 aliphatic heterocycles. The lowest BCUT2D eigenvalue weighted by Gasteiger charge is -2.20. The van der Waals surface area contributed by atoms with Crippen molar-refractivity contribution in [2.75, 3.05) is 12.3 Å². The van der Waals surface area contributed by atoms with E-state index in [1.807, 2.05) is 24.3 Å². The van der Waals surface area contributed by atoms with Crippen molar-refractivity contribution in [1.82, 2.24) is 5.32 Å². The zero-order valence-electron chi connectivity index (χ0n) is 12.0. The predicted molar refractivity (Wildman–Crippen MR) is 81.9 cm³/mol. The Morgan fingerprint density at radius 2 is 2.00 bits per heavy atom. The summed E-state index contributed by atoms with van der Waals surface area (Å²) in [6.45, 7) is 5.27. The van der Waals surface area contributed by atoms with Crippen molar-refractivity contribution in [1.29, 1.82) is 0 Å². The second-order valence-electron chi connectivity index (χ2n) is 5.51. The molecule has 19 heavy (non-hydrogen) atoms. The summed E-state index contributed by atoms with van der Waals surface area (Å²) in [6, 6.07) is 8.75. The number of nitrogens with one attached hydrogen (secondary N) is 1.